The summed E-state index contributed by atoms with van der Waals surface area (Å²) in [6.45, 7) is 0. The van der Waals surface area contributed by atoms with Crippen LogP contribution in [0.15, 0.2) is 227 Å². The van der Waals surface area contributed by atoms with Crippen molar-refractivity contribution in [3.63, 3.8) is 0 Å². The number of furan rings is 1. The molecule has 0 fully saturated rings. The first kappa shape index (κ1) is 33.1. The van der Waals surface area contributed by atoms with Gasteiger partial charge in [0.15, 0.2) is 0 Å². The normalized spacial score (nSPS) is 13.2. The Morgan fingerprint density at radius 1 is 0.345 bits per heavy atom. The van der Waals surface area contributed by atoms with Gasteiger partial charge in [-0.3, -0.25) is 0 Å². The third-order valence-corrected chi connectivity index (χ3v) is 13.3. The molecule has 1 spiro atoms. The largest absolute Gasteiger partial charge is 0.456 e. The molecular formula is C55H35NOS. The molecule has 1 aromatic heterocycles. The van der Waals surface area contributed by atoms with Crippen LogP contribution in [0.25, 0.3) is 55.3 Å². The van der Waals surface area contributed by atoms with E-state index in [0.717, 1.165) is 39.0 Å². The van der Waals surface area contributed by atoms with Crippen LogP contribution in [-0.2, 0) is 5.41 Å². The molecule has 0 N–H and O–H groups in total. The van der Waals surface area contributed by atoms with Crippen LogP contribution in [0.5, 0.6) is 0 Å². The molecule has 272 valence electrons. The minimum Gasteiger partial charge on any atom is -0.456 e. The molecule has 0 atom stereocenters. The Morgan fingerprint density at radius 3 is 1.43 bits per heavy atom. The highest BCUT2D eigenvalue weighted by molar-refractivity contribution is 7.99. The number of fused-ring (bicyclic) bond motifs is 12. The van der Waals surface area contributed by atoms with Crippen LogP contribution in [-0.4, -0.2) is 0 Å². The average Bonchev–Trinajstić information content (AvgIpc) is 3.80. The SMILES string of the molecule is c1ccc(-c2ccc(N(c3ccc(-c4ccccc4)cc3)c3ccc4c(c3)oc3cc5c(cc34)C3(c4ccccc4S5)c4ccccc4-c4ccccc43)cc2)cc1. The molecule has 0 amide bonds. The Labute approximate surface area is 341 Å². The second-order valence-corrected chi connectivity index (χ2v) is 16.3. The molecule has 1 aliphatic heterocycles. The summed E-state index contributed by atoms with van der Waals surface area (Å²) in [6, 6.07) is 77.2. The molecule has 10 aromatic rings. The lowest BCUT2D eigenvalue weighted by molar-refractivity contribution is 0.664. The molecule has 3 heteroatoms. The van der Waals surface area contributed by atoms with Gasteiger partial charge in [-0.25, -0.2) is 0 Å². The first-order chi connectivity index (χ1) is 28.7. The van der Waals surface area contributed by atoms with Crippen molar-refractivity contribution >= 4 is 50.8 Å². The lowest BCUT2D eigenvalue weighted by Gasteiger charge is -2.39. The predicted octanol–water partition coefficient (Wildman–Crippen LogP) is 15.2. The topological polar surface area (TPSA) is 16.4 Å². The predicted molar refractivity (Wildman–Crippen MR) is 241 cm³/mol. The van der Waals surface area contributed by atoms with Crippen molar-refractivity contribution in [2.24, 2.45) is 0 Å². The summed E-state index contributed by atoms with van der Waals surface area (Å²) in [5, 5.41) is 2.24. The second kappa shape index (κ2) is 13.0. The van der Waals surface area contributed by atoms with E-state index in [1.165, 1.54) is 65.4 Å². The lowest BCUT2D eigenvalue weighted by atomic mass is 9.67. The van der Waals surface area contributed by atoms with Crippen molar-refractivity contribution < 1.29 is 4.42 Å². The van der Waals surface area contributed by atoms with Crippen molar-refractivity contribution in [3.8, 4) is 33.4 Å². The fourth-order valence-electron chi connectivity index (χ4n) is 9.57. The van der Waals surface area contributed by atoms with Gasteiger partial charge in [0.1, 0.15) is 11.2 Å². The van der Waals surface area contributed by atoms with Gasteiger partial charge in [-0.15, -0.1) is 0 Å². The van der Waals surface area contributed by atoms with E-state index in [4.69, 9.17) is 4.42 Å². The fourth-order valence-corrected chi connectivity index (χ4v) is 10.8. The van der Waals surface area contributed by atoms with Crippen molar-refractivity contribution in [3.05, 3.63) is 235 Å². The molecular weight excluding hydrogens is 723 g/mol. The smallest absolute Gasteiger partial charge is 0.137 e. The Hall–Kier alpha value is -7.07. The van der Waals surface area contributed by atoms with Crippen LogP contribution in [0.1, 0.15) is 22.3 Å². The number of rotatable bonds is 5. The molecule has 58 heavy (non-hydrogen) atoms. The lowest BCUT2D eigenvalue weighted by Crippen LogP contribution is -2.31. The molecule has 0 bridgehead atoms. The number of hydrogen-bond donors (Lipinski definition) is 0. The summed E-state index contributed by atoms with van der Waals surface area (Å²) < 4.78 is 6.87. The van der Waals surface area contributed by atoms with Crippen LogP contribution in [0.4, 0.5) is 17.1 Å². The molecule has 0 saturated heterocycles. The number of benzene rings is 9. The van der Waals surface area contributed by atoms with Gasteiger partial charge in [-0.05, 0) is 110 Å². The summed E-state index contributed by atoms with van der Waals surface area (Å²) in [5.41, 5.74) is 17.2. The van der Waals surface area contributed by atoms with Crippen LogP contribution >= 0.6 is 11.8 Å². The van der Waals surface area contributed by atoms with Crippen LogP contribution < -0.4 is 4.90 Å². The molecule has 2 aliphatic rings. The summed E-state index contributed by atoms with van der Waals surface area (Å²) in [7, 11) is 0. The molecule has 0 saturated carbocycles. The van der Waals surface area contributed by atoms with Gasteiger partial charge >= 0.3 is 0 Å². The molecule has 2 heterocycles. The van der Waals surface area contributed by atoms with Gasteiger partial charge in [0.25, 0.3) is 0 Å². The third kappa shape index (κ3) is 4.93. The van der Waals surface area contributed by atoms with Gasteiger partial charge in [0.05, 0.1) is 5.41 Å². The number of hydrogen-bond acceptors (Lipinski definition) is 3. The Morgan fingerprint density at radius 2 is 0.828 bits per heavy atom. The monoisotopic (exact) mass is 757 g/mol. The Bertz CT molecular complexity index is 3060. The first-order valence-corrected chi connectivity index (χ1v) is 20.6. The highest BCUT2D eigenvalue weighted by Crippen LogP contribution is 2.62. The number of nitrogens with zero attached hydrogens (tertiary/aromatic N) is 1. The van der Waals surface area contributed by atoms with Crippen molar-refractivity contribution in [2.75, 3.05) is 4.90 Å². The average molecular weight is 758 g/mol. The molecule has 9 aromatic carbocycles. The van der Waals surface area contributed by atoms with E-state index in [2.05, 4.69) is 217 Å². The molecule has 2 nitrogen and oxygen atoms in total. The molecule has 0 unspecified atom stereocenters. The van der Waals surface area contributed by atoms with Crippen molar-refractivity contribution in [1.82, 2.24) is 0 Å². The van der Waals surface area contributed by atoms with Gasteiger partial charge in [0, 0.05) is 43.7 Å². The maximum atomic E-state index is 6.87. The van der Waals surface area contributed by atoms with Crippen molar-refractivity contribution in [1.29, 1.82) is 0 Å². The summed E-state index contributed by atoms with van der Waals surface area (Å²) in [5.74, 6) is 0. The van der Waals surface area contributed by atoms with Crippen LogP contribution in [0.3, 0.4) is 0 Å². The van der Waals surface area contributed by atoms with Crippen LogP contribution in [0.2, 0.25) is 0 Å². The van der Waals surface area contributed by atoms with E-state index in [0.29, 0.717) is 0 Å². The summed E-state index contributed by atoms with van der Waals surface area (Å²) >= 11 is 1.85. The highest BCUT2D eigenvalue weighted by Gasteiger charge is 2.50. The fraction of sp³-hybridized carbons (Fsp3) is 0.0182. The summed E-state index contributed by atoms with van der Waals surface area (Å²) in [6.07, 6.45) is 0. The zero-order valence-corrected chi connectivity index (χ0v) is 32.3. The minimum absolute atomic E-state index is 0.434. The first-order valence-electron chi connectivity index (χ1n) is 19.8. The van der Waals surface area contributed by atoms with Crippen molar-refractivity contribution in [2.45, 2.75) is 15.2 Å². The summed E-state index contributed by atoms with van der Waals surface area (Å²) in [4.78, 5) is 4.84. The third-order valence-electron chi connectivity index (χ3n) is 12.1. The minimum atomic E-state index is -0.434. The van der Waals surface area contributed by atoms with Crippen LogP contribution in [0, 0.1) is 0 Å². The van der Waals surface area contributed by atoms with Gasteiger partial charge in [-0.1, -0.05) is 163 Å². The molecule has 1 aliphatic carbocycles. The van der Waals surface area contributed by atoms with E-state index >= 15 is 0 Å². The van der Waals surface area contributed by atoms with E-state index < -0.39 is 5.41 Å². The van der Waals surface area contributed by atoms with E-state index in [-0.39, 0.29) is 0 Å². The molecule has 0 radical (unpaired) electrons. The molecule has 12 rings (SSSR count). The maximum absolute atomic E-state index is 6.87. The Balaban J connectivity index is 1.03. The zero-order valence-electron chi connectivity index (χ0n) is 31.5. The second-order valence-electron chi connectivity index (χ2n) is 15.2. The van der Waals surface area contributed by atoms with E-state index in [9.17, 15) is 0 Å². The number of anilines is 3. The maximum Gasteiger partial charge on any atom is 0.137 e. The van der Waals surface area contributed by atoms with E-state index in [1.807, 2.05) is 11.8 Å². The van der Waals surface area contributed by atoms with Gasteiger partial charge in [0.2, 0.25) is 0 Å². The zero-order chi connectivity index (χ0) is 38.2. The quantitative estimate of drug-likeness (QED) is 0.174. The standard InChI is InChI=1S/C55H35NOS/c1-3-13-36(14-4-1)38-23-27-40(28-24-38)56(41-29-25-39(26-30-41)37-15-5-2-6-16-37)42-31-32-45-46-34-50-54(35-52(46)57-51(45)33-42)58-53-22-12-11-21-49(53)55(50)47-19-9-7-17-43(47)44-18-8-10-20-48(44)55/h1-35H. The van der Waals surface area contributed by atoms with E-state index in [1.54, 1.807) is 0 Å². The van der Waals surface area contributed by atoms with Gasteiger partial charge < -0.3 is 9.32 Å². The Kier molecular flexibility index (Phi) is 7.41. The highest BCUT2D eigenvalue weighted by atomic mass is 32.2. The van der Waals surface area contributed by atoms with Gasteiger partial charge in [-0.2, -0.15) is 0 Å².